The van der Waals surface area contributed by atoms with Gasteiger partial charge in [-0.25, -0.2) is 0 Å². The van der Waals surface area contributed by atoms with Gasteiger partial charge in [0.1, 0.15) is 0 Å². The number of rotatable bonds is 8. The molecule has 6 heteroatoms. The lowest BCUT2D eigenvalue weighted by atomic mass is 9.95. The van der Waals surface area contributed by atoms with Gasteiger partial charge in [0, 0.05) is 38.1 Å². The molecule has 2 heterocycles. The monoisotopic (exact) mass is 462 g/mol. The second-order valence-corrected chi connectivity index (χ2v) is 9.16. The molecule has 1 saturated heterocycles. The van der Waals surface area contributed by atoms with Crippen LogP contribution in [0.5, 0.6) is 0 Å². The quantitative estimate of drug-likeness (QED) is 0.585. The zero-order valence-corrected chi connectivity index (χ0v) is 20.0. The van der Waals surface area contributed by atoms with Crippen LogP contribution in [0.4, 0.5) is 11.4 Å². The first-order valence-electron chi connectivity index (χ1n) is 12.1. The number of hydrogen-bond acceptors (Lipinski definition) is 4. The summed E-state index contributed by atoms with van der Waals surface area (Å²) in [5.74, 6) is 0.232. The van der Waals surface area contributed by atoms with E-state index in [4.69, 9.17) is 4.74 Å². The van der Waals surface area contributed by atoms with Gasteiger partial charge in [0.25, 0.3) is 0 Å². The second-order valence-electron chi connectivity index (χ2n) is 9.16. The van der Waals surface area contributed by atoms with Gasteiger partial charge in [0.15, 0.2) is 0 Å². The number of nitrogens with zero attached hydrogens (tertiary/aromatic N) is 2. The van der Waals surface area contributed by atoms with E-state index >= 15 is 0 Å². The molecule has 2 aliphatic heterocycles. The number of carbonyl (C=O) groups excluding carboxylic acids is 2. The molecule has 0 saturated carbocycles. The van der Waals surface area contributed by atoms with Crippen molar-refractivity contribution in [2.24, 2.45) is 5.92 Å². The molecule has 3 atom stereocenters. The summed E-state index contributed by atoms with van der Waals surface area (Å²) in [6.07, 6.45) is 7.20. The Morgan fingerprint density at radius 2 is 1.94 bits per heavy atom. The minimum Gasteiger partial charge on any atom is -0.394 e. The summed E-state index contributed by atoms with van der Waals surface area (Å²) in [6, 6.07) is 16.0. The standard InChI is InChI=1S/C28H34N2O4/c1-20(7-5-11-26(32)29-18-6-9-24(29)19-31)28(34-2)22-12-15-23(16-13-22)30-25-10-4-3-8-21(25)14-17-27(30)33/h3-5,7-8,10,12-13,15-16,20,24,28,31H,6,9,11,14,17-19H2,1-2H3/b7-5+/t20-,24-,28+/m0/s1. The van der Waals surface area contributed by atoms with Crippen LogP contribution >= 0.6 is 0 Å². The molecule has 2 aromatic carbocycles. The molecule has 0 bridgehead atoms. The van der Waals surface area contributed by atoms with Crippen LogP contribution in [0.3, 0.4) is 0 Å². The fraction of sp³-hybridized carbons (Fsp3) is 0.429. The third-order valence-electron chi connectivity index (χ3n) is 6.94. The molecule has 0 spiro atoms. The molecular formula is C28H34N2O4. The smallest absolute Gasteiger partial charge is 0.231 e. The maximum Gasteiger partial charge on any atom is 0.231 e. The van der Waals surface area contributed by atoms with E-state index in [0.717, 1.165) is 42.7 Å². The predicted octanol–water partition coefficient (Wildman–Crippen LogP) is 4.55. The van der Waals surface area contributed by atoms with Crippen LogP contribution in [0.15, 0.2) is 60.7 Å². The van der Waals surface area contributed by atoms with E-state index in [1.807, 2.05) is 54.6 Å². The van der Waals surface area contributed by atoms with Gasteiger partial charge in [-0.15, -0.1) is 0 Å². The molecule has 0 unspecified atom stereocenters. The largest absolute Gasteiger partial charge is 0.394 e. The number of methoxy groups -OCH3 is 1. The molecule has 1 fully saturated rings. The maximum absolute atomic E-state index is 12.7. The third kappa shape index (κ3) is 5.08. The van der Waals surface area contributed by atoms with Gasteiger partial charge in [-0.3, -0.25) is 14.5 Å². The Hall–Kier alpha value is -2.96. The van der Waals surface area contributed by atoms with Crippen LogP contribution < -0.4 is 4.90 Å². The minimum absolute atomic E-state index is 0.0300. The number of anilines is 2. The zero-order valence-electron chi connectivity index (χ0n) is 20.0. The lowest BCUT2D eigenvalue weighted by molar-refractivity contribution is -0.131. The highest BCUT2D eigenvalue weighted by Crippen LogP contribution is 2.35. The molecule has 1 N–H and O–H groups in total. The third-order valence-corrected chi connectivity index (χ3v) is 6.94. The van der Waals surface area contributed by atoms with E-state index in [9.17, 15) is 14.7 Å². The fourth-order valence-electron chi connectivity index (χ4n) is 5.13. The number of fused-ring (bicyclic) bond motifs is 1. The van der Waals surface area contributed by atoms with Crippen LogP contribution in [0.1, 0.15) is 49.8 Å². The molecule has 2 aromatic rings. The summed E-state index contributed by atoms with van der Waals surface area (Å²) < 4.78 is 5.79. The number of ether oxygens (including phenoxy) is 1. The summed E-state index contributed by atoms with van der Waals surface area (Å²) in [6.45, 7) is 2.83. The van der Waals surface area contributed by atoms with Crippen LogP contribution in [0.25, 0.3) is 0 Å². The summed E-state index contributed by atoms with van der Waals surface area (Å²) in [5, 5.41) is 9.45. The Balaban J connectivity index is 1.42. The van der Waals surface area contributed by atoms with E-state index in [1.165, 1.54) is 5.56 Å². The topological polar surface area (TPSA) is 70.1 Å². The van der Waals surface area contributed by atoms with Gasteiger partial charge in [-0.2, -0.15) is 0 Å². The summed E-state index contributed by atoms with van der Waals surface area (Å²) in [7, 11) is 1.69. The van der Waals surface area contributed by atoms with Crippen LogP contribution in [-0.2, 0) is 20.7 Å². The first-order valence-corrected chi connectivity index (χ1v) is 12.1. The molecule has 6 nitrogen and oxygen atoms in total. The summed E-state index contributed by atoms with van der Waals surface area (Å²) in [5.41, 5.74) is 4.02. The second kappa shape index (κ2) is 11.0. The molecule has 0 aliphatic carbocycles. The zero-order chi connectivity index (χ0) is 24.1. The van der Waals surface area contributed by atoms with E-state index in [1.54, 1.807) is 16.9 Å². The number of para-hydroxylation sites is 1. The fourth-order valence-corrected chi connectivity index (χ4v) is 5.13. The Morgan fingerprint density at radius 3 is 2.68 bits per heavy atom. The van der Waals surface area contributed by atoms with Crippen LogP contribution in [0, 0.1) is 5.92 Å². The van der Waals surface area contributed by atoms with Gasteiger partial charge >= 0.3 is 0 Å². The molecule has 0 radical (unpaired) electrons. The van der Waals surface area contributed by atoms with Crippen molar-refractivity contribution in [1.82, 2.24) is 4.90 Å². The SMILES string of the molecule is CO[C@@H](c1ccc(N2C(=O)CCc3ccccc32)cc1)[C@@H](C)/C=C/CC(=O)N1CCC[C@H]1CO. The normalized spacial score (nSPS) is 20.0. The number of aliphatic hydroxyl groups excluding tert-OH is 1. The Labute approximate surface area is 201 Å². The molecule has 34 heavy (non-hydrogen) atoms. The van der Waals surface area contributed by atoms with Gasteiger partial charge in [0.05, 0.1) is 24.4 Å². The molecule has 180 valence electrons. The number of aryl methyl sites for hydroxylation is 1. The van der Waals surface area contributed by atoms with Gasteiger partial charge in [0.2, 0.25) is 11.8 Å². The minimum atomic E-state index is -0.165. The Bertz CT molecular complexity index is 1030. The van der Waals surface area contributed by atoms with Crippen molar-refractivity contribution in [3.63, 3.8) is 0 Å². The van der Waals surface area contributed by atoms with Crippen molar-refractivity contribution in [2.75, 3.05) is 25.2 Å². The predicted molar refractivity (Wildman–Crippen MR) is 133 cm³/mol. The van der Waals surface area contributed by atoms with Crippen LogP contribution in [-0.4, -0.2) is 48.1 Å². The van der Waals surface area contributed by atoms with Crippen LogP contribution in [0.2, 0.25) is 0 Å². The Morgan fingerprint density at radius 1 is 1.18 bits per heavy atom. The van der Waals surface area contributed by atoms with Crippen molar-refractivity contribution in [3.8, 4) is 0 Å². The molecule has 2 aliphatic rings. The van der Waals surface area contributed by atoms with Crippen molar-refractivity contribution in [1.29, 1.82) is 0 Å². The molecule has 2 amide bonds. The lowest BCUT2D eigenvalue weighted by Gasteiger charge is -2.30. The highest BCUT2D eigenvalue weighted by molar-refractivity contribution is 6.03. The van der Waals surface area contributed by atoms with Crippen molar-refractivity contribution < 1.29 is 19.4 Å². The van der Waals surface area contributed by atoms with E-state index in [0.29, 0.717) is 12.8 Å². The van der Waals surface area contributed by atoms with Crippen molar-refractivity contribution in [2.45, 2.75) is 51.2 Å². The van der Waals surface area contributed by atoms with Gasteiger partial charge in [-0.1, -0.05) is 49.4 Å². The number of hydrogen-bond donors (Lipinski definition) is 1. The molecular weight excluding hydrogens is 428 g/mol. The Kier molecular flexibility index (Phi) is 7.80. The van der Waals surface area contributed by atoms with E-state index in [-0.39, 0.29) is 36.5 Å². The maximum atomic E-state index is 12.7. The van der Waals surface area contributed by atoms with Crippen molar-refractivity contribution in [3.05, 3.63) is 71.8 Å². The first kappa shape index (κ1) is 24.2. The van der Waals surface area contributed by atoms with Gasteiger partial charge in [-0.05, 0) is 48.6 Å². The van der Waals surface area contributed by atoms with E-state index < -0.39 is 0 Å². The summed E-state index contributed by atoms with van der Waals surface area (Å²) >= 11 is 0. The van der Waals surface area contributed by atoms with E-state index in [2.05, 4.69) is 13.0 Å². The molecule has 0 aromatic heterocycles. The lowest BCUT2D eigenvalue weighted by Crippen LogP contribution is -2.37. The number of likely N-dealkylation sites (tertiary alicyclic amines) is 1. The van der Waals surface area contributed by atoms with Gasteiger partial charge < -0.3 is 14.7 Å². The highest BCUT2D eigenvalue weighted by atomic mass is 16.5. The number of amides is 2. The number of aliphatic hydroxyl groups is 1. The number of benzene rings is 2. The summed E-state index contributed by atoms with van der Waals surface area (Å²) in [4.78, 5) is 28.8. The van der Waals surface area contributed by atoms with Crippen molar-refractivity contribution >= 4 is 23.2 Å². The number of carbonyl (C=O) groups is 2. The molecule has 4 rings (SSSR count). The average Bonchev–Trinajstić information content (AvgIpc) is 3.34. The first-order chi connectivity index (χ1) is 16.5. The highest BCUT2D eigenvalue weighted by Gasteiger charge is 2.28. The average molecular weight is 463 g/mol.